The van der Waals surface area contributed by atoms with Crippen LogP contribution in [-0.2, 0) is 6.42 Å². The summed E-state index contributed by atoms with van der Waals surface area (Å²) < 4.78 is 56.8. The second kappa shape index (κ2) is 8.22. The van der Waals surface area contributed by atoms with Gasteiger partial charge in [0, 0.05) is 36.3 Å². The highest BCUT2D eigenvalue weighted by molar-refractivity contribution is 6.02. The number of alkyl halides is 3. The predicted molar refractivity (Wildman–Crippen MR) is 110 cm³/mol. The Morgan fingerprint density at radius 3 is 2.74 bits per heavy atom. The molecular formula is C22H21F4N3O2. The molecule has 31 heavy (non-hydrogen) atoms. The van der Waals surface area contributed by atoms with E-state index >= 15 is 0 Å². The number of aryl methyl sites for hydroxylation is 1. The number of anilines is 3. The lowest BCUT2D eigenvalue weighted by molar-refractivity contribution is -0.274. The van der Waals surface area contributed by atoms with Crippen molar-refractivity contribution in [3.8, 4) is 5.75 Å². The minimum atomic E-state index is -4.85. The Labute approximate surface area is 176 Å². The maximum atomic E-state index is 13.6. The molecule has 0 atom stereocenters. The van der Waals surface area contributed by atoms with Crippen molar-refractivity contribution in [1.82, 2.24) is 4.98 Å². The van der Waals surface area contributed by atoms with E-state index in [0.29, 0.717) is 37.1 Å². The normalized spacial score (nSPS) is 13.5. The summed E-state index contributed by atoms with van der Waals surface area (Å²) in [4.78, 5) is 6.44. The number of aromatic nitrogens is 1. The highest BCUT2D eigenvalue weighted by atomic mass is 19.4. The average molecular weight is 435 g/mol. The Morgan fingerprint density at radius 1 is 1.23 bits per heavy atom. The van der Waals surface area contributed by atoms with E-state index in [-0.39, 0.29) is 23.7 Å². The number of nitrogens with one attached hydrogen (secondary N) is 1. The van der Waals surface area contributed by atoms with Crippen molar-refractivity contribution in [3.63, 3.8) is 0 Å². The zero-order valence-electron chi connectivity index (χ0n) is 16.8. The average Bonchev–Trinajstić information content (AvgIpc) is 3.13. The number of benzene rings is 2. The first kappa shape index (κ1) is 21.2. The minimum Gasteiger partial charge on any atom is -0.403 e. The van der Waals surface area contributed by atoms with Gasteiger partial charge in [0.15, 0.2) is 5.75 Å². The molecule has 5 nitrogen and oxygen atoms in total. The van der Waals surface area contributed by atoms with E-state index in [1.54, 1.807) is 19.1 Å². The standard InChI is InChI=1S/C22H21F4N3O2/c1-13-12-14(23)6-7-17(13)29-10-8-16-20(29)15-4-2-5-18(31-22(24,25)26)19(15)28-21(16)27-9-3-11-30/h2,4-7,12,30H,3,8-11H2,1H3,(H,27,28). The van der Waals surface area contributed by atoms with Crippen LogP contribution < -0.4 is 15.0 Å². The largest absolute Gasteiger partial charge is 0.573 e. The molecule has 9 heteroatoms. The van der Waals surface area contributed by atoms with Crippen molar-refractivity contribution < 1.29 is 27.4 Å². The maximum absolute atomic E-state index is 13.6. The first-order chi connectivity index (χ1) is 14.8. The molecule has 0 spiro atoms. The molecule has 0 bridgehead atoms. The molecule has 0 unspecified atom stereocenters. The number of hydrogen-bond donors (Lipinski definition) is 2. The molecule has 0 saturated heterocycles. The van der Waals surface area contributed by atoms with Gasteiger partial charge in [0.1, 0.15) is 17.2 Å². The van der Waals surface area contributed by atoms with E-state index in [9.17, 15) is 17.6 Å². The van der Waals surface area contributed by atoms with Gasteiger partial charge in [-0.15, -0.1) is 13.2 Å². The van der Waals surface area contributed by atoms with Gasteiger partial charge < -0.3 is 20.1 Å². The second-order valence-corrected chi connectivity index (χ2v) is 7.32. The van der Waals surface area contributed by atoms with Crippen LogP contribution in [0, 0.1) is 12.7 Å². The van der Waals surface area contributed by atoms with Crippen LogP contribution in [-0.4, -0.2) is 36.1 Å². The van der Waals surface area contributed by atoms with E-state index in [1.807, 2.05) is 4.90 Å². The third kappa shape index (κ3) is 4.23. The third-order valence-electron chi connectivity index (χ3n) is 5.21. The number of para-hydroxylation sites is 1. The fraction of sp³-hybridized carbons (Fsp3) is 0.318. The zero-order valence-corrected chi connectivity index (χ0v) is 16.8. The van der Waals surface area contributed by atoms with Crippen LogP contribution in [0.25, 0.3) is 10.9 Å². The molecule has 2 N–H and O–H groups in total. The van der Waals surface area contributed by atoms with Gasteiger partial charge in [-0.25, -0.2) is 9.37 Å². The molecule has 3 aromatic rings. The molecule has 0 saturated carbocycles. The number of pyridine rings is 1. The van der Waals surface area contributed by atoms with Gasteiger partial charge in [0.2, 0.25) is 0 Å². The summed E-state index contributed by atoms with van der Waals surface area (Å²) in [5.41, 5.74) is 3.15. The molecule has 0 fully saturated rings. The van der Waals surface area contributed by atoms with Gasteiger partial charge in [-0.3, -0.25) is 0 Å². The molecule has 1 aromatic heterocycles. The lowest BCUT2D eigenvalue weighted by Crippen LogP contribution is -2.18. The highest BCUT2D eigenvalue weighted by Crippen LogP contribution is 2.45. The highest BCUT2D eigenvalue weighted by Gasteiger charge is 2.34. The molecule has 0 amide bonds. The number of aliphatic hydroxyl groups is 1. The Balaban J connectivity index is 1.91. The number of aliphatic hydroxyl groups excluding tert-OH is 1. The summed E-state index contributed by atoms with van der Waals surface area (Å²) in [5.74, 6) is -0.287. The molecular weight excluding hydrogens is 414 g/mol. The van der Waals surface area contributed by atoms with Crippen molar-refractivity contribution in [2.45, 2.75) is 26.1 Å². The fourth-order valence-electron chi connectivity index (χ4n) is 3.96. The van der Waals surface area contributed by atoms with Gasteiger partial charge in [0.25, 0.3) is 0 Å². The monoisotopic (exact) mass is 435 g/mol. The van der Waals surface area contributed by atoms with E-state index in [0.717, 1.165) is 22.5 Å². The van der Waals surface area contributed by atoms with E-state index in [1.165, 1.54) is 24.3 Å². The van der Waals surface area contributed by atoms with Crippen LogP contribution in [0.15, 0.2) is 36.4 Å². The Bertz CT molecular complexity index is 1120. The van der Waals surface area contributed by atoms with Crippen LogP contribution in [0.4, 0.5) is 34.8 Å². The Morgan fingerprint density at radius 2 is 2.03 bits per heavy atom. The molecule has 4 rings (SSSR count). The zero-order chi connectivity index (χ0) is 22.2. The smallest absolute Gasteiger partial charge is 0.403 e. The summed E-state index contributed by atoms with van der Waals surface area (Å²) in [5, 5.41) is 12.7. The first-order valence-electron chi connectivity index (χ1n) is 9.88. The number of nitrogens with zero attached hydrogens (tertiary/aromatic N) is 2. The van der Waals surface area contributed by atoms with Gasteiger partial charge in [0.05, 0.1) is 5.69 Å². The van der Waals surface area contributed by atoms with Crippen LogP contribution >= 0.6 is 0 Å². The van der Waals surface area contributed by atoms with Crippen LogP contribution in [0.1, 0.15) is 17.5 Å². The van der Waals surface area contributed by atoms with E-state index in [4.69, 9.17) is 5.11 Å². The fourth-order valence-corrected chi connectivity index (χ4v) is 3.96. The van der Waals surface area contributed by atoms with Gasteiger partial charge >= 0.3 is 6.36 Å². The van der Waals surface area contributed by atoms with Crippen molar-refractivity contribution in [2.24, 2.45) is 0 Å². The molecule has 2 aromatic carbocycles. The minimum absolute atomic E-state index is 0.0217. The number of ether oxygens (including phenoxy) is 1. The van der Waals surface area contributed by atoms with Crippen molar-refractivity contribution in [1.29, 1.82) is 0 Å². The first-order valence-corrected chi connectivity index (χ1v) is 9.88. The van der Waals surface area contributed by atoms with Crippen molar-refractivity contribution in [2.75, 3.05) is 29.9 Å². The summed E-state index contributed by atoms with van der Waals surface area (Å²) >= 11 is 0. The van der Waals surface area contributed by atoms with E-state index in [2.05, 4.69) is 15.0 Å². The quantitative estimate of drug-likeness (QED) is 0.418. The summed E-state index contributed by atoms with van der Waals surface area (Å²) in [6.07, 6.45) is -3.77. The van der Waals surface area contributed by atoms with E-state index < -0.39 is 6.36 Å². The number of hydrogen-bond acceptors (Lipinski definition) is 5. The molecule has 1 aliphatic heterocycles. The second-order valence-electron chi connectivity index (χ2n) is 7.32. The Kier molecular flexibility index (Phi) is 5.62. The summed E-state index contributed by atoms with van der Waals surface area (Å²) in [6.45, 7) is 2.76. The van der Waals surface area contributed by atoms with Crippen LogP contribution in [0.2, 0.25) is 0 Å². The van der Waals surface area contributed by atoms with Gasteiger partial charge in [-0.1, -0.05) is 12.1 Å². The SMILES string of the molecule is Cc1cc(F)ccc1N1CCc2c(NCCCO)nc3c(OC(F)(F)F)cccc3c21. The van der Waals surface area contributed by atoms with Crippen LogP contribution in [0.5, 0.6) is 5.75 Å². The number of halogens is 4. The predicted octanol–water partition coefficient (Wildman–Crippen LogP) is 5.07. The maximum Gasteiger partial charge on any atom is 0.573 e. The molecule has 0 aliphatic carbocycles. The number of fused-ring (bicyclic) bond motifs is 3. The van der Waals surface area contributed by atoms with Crippen molar-refractivity contribution in [3.05, 3.63) is 53.3 Å². The lowest BCUT2D eigenvalue weighted by atomic mass is 10.1. The van der Waals surface area contributed by atoms with Gasteiger partial charge in [-0.05, 0) is 49.6 Å². The lowest BCUT2D eigenvalue weighted by Gasteiger charge is -2.24. The summed E-state index contributed by atoms with van der Waals surface area (Å²) in [7, 11) is 0. The number of rotatable bonds is 6. The van der Waals surface area contributed by atoms with Gasteiger partial charge in [-0.2, -0.15) is 0 Å². The van der Waals surface area contributed by atoms with Crippen molar-refractivity contribution >= 4 is 28.1 Å². The molecule has 2 heterocycles. The molecule has 164 valence electrons. The molecule has 1 aliphatic rings. The van der Waals surface area contributed by atoms with Crippen LogP contribution in [0.3, 0.4) is 0 Å². The molecule has 0 radical (unpaired) electrons. The third-order valence-corrected chi connectivity index (χ3v) is 5.21. The summed E-state index contributed by atoms with van der Waals surface area (Å²) in [6, 6.07) is 8.89. The Hall–Kier alpha value is -3.07. The topological polar surface area (TPSA) is 57.6 Å².